The van der Waals surface area contributed by atoms with Crippen LogP contribution in [0.2, 0.25) is 10.0 Å². The first kappa shape index (κ1) is 13.3. The first-order valence-electron chi connectivity index (χ1n) is 4.06. The average molecular weight is 332 g/mol. The van der Waals surface area contributed by atoms with Crippen molar-refractivity contribution in [3.05, 3.63) is 33.8 Å². The highest BCUT2D eigenvalue weighted by Crippen LogP contribution is 2.30. The lowest BCUT2D eigenvalue weighted by molar-refractivity contribution is 0.601. The Kier molecular flexibility index (Phi) is 4.47. The van der Waals surface area contributed by atoms with Gasteiger partial charge in [-0.1, -0.05) is 45.2 Å². The van der Waals surface area contributed by atoms with E-state index in [2.05, 4.69) is 15.9 Å². The van der Waals surface area contributed by atoms with Crippen LogP contribution >= 0.6 is 39.1 Å². The minimum atomic E-state index is -3.02. The van der Waals surface area contributed by atoms with Crippen LogP contribution in [0, 0.1) is 0 Å². The van der Waals surface area contributed by atoms with Gasteiger partial charge in [-0.25, -0.2) is 8.42 Å². The molecule has 0 aliphatic heterocycles. The molecule has 0 saturated heterocycles. The Bertz CT molecular complexity index is 459. The van der Waals surface area contributed by atoms with Crippen molar-refractivity contribution in [2.45, 2.75) is 4.83 Å². The first-order valence-corrected chi connectivity index (χ1v) is 7.79. The summed E-state index contributed by atoms with van der Waals surface area (Å²) in [5, 5.41) is 0.881. The molecule has 84 valence electrons. The number of benzene rings is 1. The molecule has 6 heteroatoms. The first-order chi connectivity index (χ1) is 6.79. The van der Waals surface area contributed by atoms with Crippen molar-refractivity contribution < 1.29 is 8.42 Å². The Morgan fingerprint density at radius 2 is 1.93 bits per heavy atom. The van der Waals surface area contributed by atoms with Crippen LogP contribution in [0.5, 0.6) is 0 Å². The summed E-state index contributed by atoms with van der Waals surface area (Å²) in [5.74, 6) is 0.0327. The van der Waals surface area contributed by atoms with Crippen LogP contribution in [-0.2, 0) is 9.84 Å². The molecule has 1 aromatic carbocycles. The van der Waals surface area contributed by atoms with E-state index in [1.165, 1.54) is 6.26 Å². The van der Waals surface area contributed by atoms with Crippen LogP contribution in [0.3, 0.4) is 0 Å². The van der Waals surface area contributed by atoms with Crippen LogP contribution in [-0.4, -0.2) is 20.4 Å². The fraction of sp³-hybridized carbons (Fsp3) is 0.333. The third-order valence-corrected chi connectivity index (χ3v) is 4.71. The highest BCUT2D eigenvalue weighted by atomic mass is 79.9. The molecule has 1 atom stereocenters. The molecule has 1 unspecified atom stereocenters. The zero-order valence-corrected chi connectivity index (χ0v) is 11.8. The van der Waals surface area contributed by atoms with Gasteiger partial charge in [0.1, 0.15) is 9.84 Å². The zero-order valence-electron chi connectivity index (χ0n) is 7.88. The van der Waals surface area contributed by atoms with Crippen LogP contribution in [0.25, 0.3) is 0 Å². The van der Waals surface area contributed by atoms with E-state index in [1.807, 2.05) is 0 Å². The van der Waals surface area contributed by atoms with Gasteiger partial charge in [-0.15, -0.1) is 0 Å². The van der Waals surface area contributed by atoms with E-state index in [0.29, 0.717) is 10.0 Å². The summed E-state index contributed by atoms with van der Waals surface area (Å²) in [7, 11) is -3.02. The molecule has 0 heterocycles. The van der Waals surface area contributed by atoms with Gasteiger partial charge in [-0.3, -0.25) is 0 Å². The van der Waals surface area contributed by atoms with Crippen molar-refractivity contribution in [3.63, 3.8) is 0 Å². The summed E-state index contributed by atoms with van der Waals surface area (Å²) in [6, 6.07) is 5.06. The maximum Gasteiger partial charge on any atom is 0.148 e. The molecule has 1 rings (SSSR count). The van der Waals surface area contributed by atoms with E-state index < -0.39 is 9.84 Å². The lowest BCUT2D eigenvalue weighted by Crippen LogP contribution is -2.08. The summed E-state index contributed by atoms with van der Waals surface area (Å²) in [4.78, 5) is -0.262. The Balaban J connectivity index is 2.92. The van der Waals surface area contributed by atoms with Gasteiger partial charge >= 0.3 is 0 Å². The Hall–Kier alpha value is 0.230. The molecule has 0 N–H and O–H groups in total. The van der Waals surface area contributed by atoms with E-state index in [4.69, 9.17) is 23.2 Å². The molecule has 0 radical (unpaired) electrons. The molecule has 0 aliphatic rings. The number of hydrogen-bond acceptors (Lipinski definition) is 2. The molecule has 15 heavy (non-hydrogen) atoms. The molecular weight excluding hydrogens is 323 g/mol. The quantitative estimate of drug-likeness (QED) is 0.795. The number of halogens is 3. The molecule has 0 saturated carbocycles. The lowest BCUT2D eigenvalue weighted by Gasteiger charge is -2.09. The molecule has 0 aliphatic carbocycles. The number of rotatable bonds is 3. The second-order valence-electron chi connectivity index (χ2n) is 3.23. The summed E-state index contributed by atoms with van der Waals surface area (Å²) in [6.07, 6.45) is 1.19. The van der Waals surface area contributed by atoms with E-state index in [1.54, 1.807) is 18.2 Å². The van der Waals surface area contributed by atoms with Crippen molar-refractivity contribution in [2.75, 3.05) is 12.0 Å². The monoisotopic (exact) mass is 330 g/mol. The standard InChI is InChI=1S/C9H9BrCl2O2S/c1-15(13,14)5-7(10)6-2-3-8(11)9(12)4-6/h2-4,7H,5H2,1H3. The van der Waals surface area contributed by atoms with Gasteiger partial charge in [0.15, 0.2) is 0 Å². The third kappa shape index (κ3) is 4.31. The average Bonchev–Trinajstić information content (AvgIpc) is 2.06. The summed E-state index contributed by atoms with van der Waals surface area (Å²) < 4.78 is 22.2. The van der Waals surface area contributed by atoms with Crippen LogP contribution < -0.4 is 0 Å². The molecule has 0 fully saturated rings. The highest BCUT2D eigenvalue weighted by Gasteiger charge is 2.15. The lowest BCUT2D eigenvalue weighted by atomic mass is 10.2. The molecule has 0 aromatic heterocycles. The van der Waals surface area contributed by atoms with Crippen LogP contribution in [0.15, 0.2) is 18.2 Å². The van der Waals surface area contributed by atoms with Gasteiger partial charge in [-0.05, 0) is 17.7 Å². The van der Waals surface area contributed by atoms with Gasteiger partial charge in [0.2, 0.25) is 0 Å². The van der Waals surface area contributed by atoms with Crippen LogP contribution in [0.1, 0.15) is 10.4 Å². The molecular formula is C9H9BrCl2O2S. The fourth-order valence-electron chi connectivity index (χ4n) is 1.07. The largest absolute Gasteiger partial charge is 0.229 e. The predicted molar refractivity (Wildman–Crippen MR) is 67.8 cm³/mol. The molecule has 0 amide bonds. The van der Waals surface area contributed by atoms with Crippen molar-refractivity contribution in [2.24, 2.45) is 0 Å². The number of sulfone groups is 1. The minimum absolute atomic E-state index is 0.0327. The van der Waals surface area contributed by atoms with Crippen molar-refractivity contribution in [3.8, 4) is 0 Å². The summed E-state index contributed by atoms with van der Waals surface area (Å²) >= 11 is 14.9. The minimum Gasteiger partial charge on any atom is -0.229 e. The SMILES string of the molecule is CS(=O)(=O)CC(Br)c1ccc(Cl)c(Cl)c1. The highest BCUT2D eigenvalue weighted by molar-refractivity contribution is 9.09. The van der Waals surface area contributed by atoms with Gasteiger partial charge in [0.05, 0.1) is 20.6 Å². The van der Waals surface area contributed by atoms with Gasteiger partial charge in [0.25, 0.3) is 0 Å². The van der Waals surface area contributed by atoms with Crippen molar-refractivity contribution in [1.82, 2.24) is 0 Å². The molecule has 2 nitrogen and oxygen atoms in total. The maximum absolute atomic E-state index is 11.1. The summed E-state index contributed by atoms with van der Waals surface area (Å²) in [6.45, 7) is 0. The van der Waals surface area contributed by atoms with E-state index in [0.717, 1.165) is 5.56 Å². The van der Waals surface area contributed by atoms with Crippen molar-refractivity contribution in [1.29, 1.82) is 0 Å². The van der Waals surface area contributed by atoms with Crippen molar-refractivity contribution >= 4 is 49.0 Å². The summed E-state index contributed by atoms with van der Waals surface area (Å²) in [5.41, 5.74) is 0.801. The number of alkyl halides is 1. The zero-order chi connectivity index (χ0) is 11.6. The van der Waals surface area contributed by atoms with E-state index in [9.17, 15) is 8.42 Å². The fourth-order valence-corrected chi connectivity index (χ4v) is 3.83. The van der Waals surface area contributed by atoms with Gasteiger partial charge in [0, 0.05) is 6.26 Å². The van der Waals surface area contributed by atoms with Crippen LogP contribution in [0.4, 0.5) is 0 Å². The predicted octanol–water partition coefficient (Wildman–Crippen LogP) is 3.47. The smallest absolute Gasteiger partial charge is 0.148 e. The Labute approximate surface area is 108 Å². The topological polar surface area (TPSA) is 34.1 Å². The molecule has 0 spiro atoms. The molecule has 0 bridgehead atoms. The molecule has 1 aromatic rings. The van der Waals surface area contributed by atoms with Gasteiger partial charge < -0.3 is 0 Å². The second kappa shape index (κ2) is 5.04. The van der Waals surface area contributed by atoms with E-state index in [-0.39, 0.29) is 10.6 Å². The maximum atomic E-state index is 11.1. The number of hydrogen-bond donors (Lipinski definition) is 0. The second-order valence-corrected chi connectivity index (χ2v) is 7.34. The Morgan fingerprint density at radius 1 is 1.33 bits per heavy atom. The van der Waals surface area contributed by atoms with E-state index >= 15 is 0 Å². The van der Waals surface area contributed by atoms with Gasteiger partial charge in [-0.2, -0.15) is 0 Å². The Morgan fingerprint density at radius 3 is 2.40 bits per heavy atom. The third-order valence-electron chi connectivity index (χ3n) is 1.75. The normalized spacial score (nSPS) is 13.9.